The molecule has 0 aromatic carbocycles. The average molecular weight is 187 g/mol. The molecule has 0 spiro atoms. The maximum atomic E-state index is 10.1. The summed E-state index contributed by atoms with van der Waals surface area (Å²) in [7, 11) is 0. The van der Waals surface area contributed by atoms with Crippen LogP contribution < -0.4 is 0 Å². The fourth-order valence-electron chi connectivity index (χ4n) is 2.23. The number of hydrogen-bond donors (Lipinski definition) is 1. The van der Waals surface area contributed by atoms with Crippen LogP contribution in [0.25, 0.3) is 0 Å². The normalized spacial score (nSPS) is 46.4. The predicted molar refractivity (Wildman–Crippen MR) is 46.4 cm³/mol. The average Bonchev–Trinajstić information content (AvgIpc) is 2.11. The van der Waals surface area contributed by atoms with Crippen LogP contribution in [0.15, 0.2) is 0 Å². The molecule has 0 saturated carbocycles. The van der Waals surface area contributed by atoms with Crippen LogP contribution in [0.3, 0.4) is 0 Å². The molecule has 13 heavy (non-hydrogen) atoms. The molecule has 2 heterocycles. The van der Waals surface area contributed by atoms with Crippen molar-refractivity contribution < 1.29 is 15.0 Å². The molecular weight excluding hydrogens is 170 g/mol. The van der Waals surface area contributed by atoms with Gasteiger partial charge in [-0.15, -0.1) is 10.1 Å². The predicted octanol–water partition coefficient (Wildman–Crippen LogP) is 1.20. The van der Waals surface area contributed by atoms with Gasteiger partial charge in [0.15, 0.2) is 0 Å². The van der Waals surface area contributed by atoms with E-state index in [1.807, 2.05) is 13.8 Å². The van der Waals surface area contributed by atoms with Crippen molar-refractivity contribution in [3.8, 4) is 0 Å². The molecule has 2 aliphatic rings. The minimum absolute atomic E-state index is 0.0772. The first kappa shape index (κ1) is 9.40. The van der Waals surface area contributed by atoms with E-state index in [9.17, 15) is 5.11 Å². The Morgan fingerprint density at radius 3 is 2.31 bits per heavy atom. The van der Waals surface area contributed by atoms with Gasteiger partial charge in [0, 0.05) is 12.0 Å². The van der Waals surface area contributed by atoms with Gasteiger partial charge in [-0.1, -0.05) is 0 Å². The molecule has 2 rings (SSSR count). The van der Waals surface area contributed by atoms with Crippen molar-refractivity contribution in [2.45, 2.75) is 57.4 Å². The highest BCUT2D eigenvalue weighted by atomic mass is 17.3. The largest absolute Gasteiger partial charge is 0.362 e. The lowest BCUT2D eigenvalue weighted by Gasteiger charge is -2.48. The first-order valence-corrected chi connectivity index (χ1v) is 4.68. The fourth-order valence-corrected chi connectivity index (χ4v) is 2.23. The molecule has 2 atom stereocenters. The minimum Gasteiger partial charge on any atom is -0.362 e. The van der Waals surface area contributed by atoms with E-state index >= 15 is 0 Å². The molecule has 0 radical (unpaired) electrons. The molecule has 0 amide bonds. The van der Waals surface area contributed by atoms with E-state index in [4.69, 9.17) is 9.88 Å². The second-order valence-corrected chi connectivity index (χ2v) is 5.11. The molecule has 1 N–H and O–H groups in total. The van der Waals surface area contributed by atoms with E-state index in [1.165, 1.54) is 0 Å². The third-order valence-electron chi connectivity index (χ3n) is 3.34. The lowest BCUT2D eigenvalue weighted by molar-refractivity contribution is -0.431. The van der Waals surface area contributed by atoms with Crippen molar-refractivity contribution in [2.75, 3.05) is 0 Å². The van der Waals surface area contributed by atoms with Crippen molar-refractivity contribution >= 4 is 0 Å². The Kier molecular flexibility index (Phi) is 1.63. The van der Waals surface area contributed by atoms with Crippen molar-refractivity contribution in [2.24, 2.45) is 0 Å². The molecule has 0 aliphatic carbocycles. The maximum Gasteiger partial charge on any atom is 0.221 e. The van der Waals surface area contributed by atoms with E-state index < -0.39 is 11.3 Å². The first-order valence-electron chi connectivity index (χ1n) is 4.68. The summed E-state index contributed by atoms with van der Waals surface area (Å²) < 4.78 is 0. The Bertz CT molecular complexity index is 239. The van der Waals surface area contributed by atoms with Gasteiger partial charge < -0.3 is 5.11 Å². The number of nitrogens with zero attached hydrogens (tertiary/aromatic N) is 1. The number of rotatable bonds is 0. The van der Waals surface area contributed by atoms with Crippen LogP contribution in [0.4, 0.5) is 0 Å². The summed E-state index contributed by atoms with van der Waals surface area (Å²) >= 11 is 0. The summed E-state index contributed by atoms with van der Waals surface area (Å²) in [6.07, 6.45) is 1.48. The molecule has 0 aromatic heterocycles. The zero-order valence-corrected chi connectivity index (χ0v) is 8.63. The molecule has 4 nitrogen and oxygen atoms in total. The summed E-state index contributed by atoms with van der Waals surface area (Å²) in [5.41, 5.74) is -0.555. The topological polar surface area (TPSA) is 41.9 Å². The minimum atomic E-state index is -1.15. The fraction of sp³-hybridized carbons (Fsp3) is 1.00. The van der Waals surface area contributed by atoms with Gasteiger partial charge in [-0.25, -0.2) is 0 Å². The quantitative estimate of drug-likeness (QED) is 0.579. The Morgan fingerprint density at radius 1 is 1.15 bits per heavy atom. The van der Waals surface area contributed by atoms with Crippen LogP contribution >= 0.6 is 0 Å². The van der Waals surface area contributed by atoms with E-state index in [0.29, 0.717) is 6.42 Å². The standard InChI is InChI=1S/C9H17NO3/c1-7(2)5-6-9(11)8(3,4)10(7)13-12-9/h11H,5-6H2,1-4H3. The smallest absolute Gasteiger partial charge is 0.221 e. The number of piperidine rings is 1. The van der Waals surface area contributed by atoms with Crippen molar-refractivity contribution in [3.05, 3.63) is 0 Å². The second kappa shape index (κ2) is 2.25. The third kappa shape index (κ3) is 1.00. The van der Waals surface area contributed by atoms with Crippen molar-refractivity contribution in [3.63, 3.8) is 0 Å². The highest BCUT2D eigenvalue weighted by Crippen LogP contribution is 2.50. The summed E-state index contributed by atoms with van der Waals surface area (Å²) in [5.74, 6) is -1.15. The summed E-state index contributed by atoms with van der Waals surface area (Å²) in [4.78, 5) is 10.1. The van der Waals surface area contributed by atoms with Gasteiger partial charge in [-0.05, 0) is 34.1 Å². The van der Waals surface area contributed by atoms with E-state index in [1.54, 1.807) is 5.06 Å². The molecule has 2 fully saturated rings. The van der Waals surface area contributed by atoms with Gasteiger partial charge in [0.1, 0.15) is 5.54 Å². The van der Waals surface area contributed by atoms with Crippen LogP contribution in [0, 0.1) is 0 Å². The number of fused-ring (bicyclic) bond motifs is 2. The molecule has 2 saturated heterocycles. The van der Waals surface area contributed by atoms with Gasteiger partial charge >= 0.3 is 0 Å². The molecule has 0 aromatic rings. The third-order valence-corrected chi connectivity index (χ3v) is 3.34. The summed E-state index contributed by atoms with van der Waals surface area (Å²) in [5, 5.41) is 11.8. The lowest BCUT2D eigenvalue weighted by Crippen LogP contribution is -2.64. The Labute approximate surface area is 78.3 Å². The molecule has 76 valence electrons. The number of aliphatic hydroxyl groups is 1. The second-order valence-electron chi connectivity index (χ2n) is 5.11. The highest BCUT2D eigenvalue weighted by Gasteiger charge is 2.64. The lowest BCUT2D eigenvalue weighted by atomic mass is 9.78. The van der Waals surface area contributed by atoms with Gasteiger partial charge in [0.2, 0.25) is 5.79 Å². The van der Waals surface area contributed by atoms with Crippen molar-refractivity contribution in [1.29, 1.82) is 0 Å². The molecular formula is C9H17NO3. The van der Waals surface area contributed by atoms with E-state index in [0.717, 1.165) is 6.42 Å². The molecule has 2 bridgehead atoms. The van der Waals surface area contributed by atoms with E-state index in [2.05, 4.69) is 13.8 Å². The van der Waals surface area contributed by atoms with Gasteiger partial charge in [0.05, 0.1) is 0 Å². The van der Waals surface area contributed by atoms with E-state index in [-0.39, 0.29) is 5.54 Å². The molecule has 2 unspecified atom stereocenters. The zero-order chi connectivity index (χ0) is 9.91. The van der Waals surface area contributed by atoms with Crippen LogP contribution in [0.5, 0.6) is 0 Å². The number of hydroxylamine groups is 2. The van der Waals surface area contributed by atoms with Crippen molar-refractivity contribution in [1.82, 2.24) is 5.06 Å². The molecule has 4 heteroatoms. The monoisotopic (exact) mass is 187 g/mol. The maximum absolute atomic E-state index is 10.1. The highest BCUT2D eigenvalue weighted by molar-refractivity contribution is 5.04. The van der Waals surface area contributed by atoms with Gasteiger partial charge in [-0.3, -0.25) is 0 Å². The van der Waals surface area contributed by atoms with Crippen LogP contribution in [-0.4, -0.2) is 27.0 Å². The van der Waals surface area contributed by atoms with Gasteiger partial charge in [0.25, 0.3) is 0 Å². The van der Waals surface area contributed by atoms with Crippen LogP contribution in [-0.2, 0) is 9.88 Å². The first-order chi connectivity index (χ1) is 5.80. The zero-order valence-electron chi connectivity index (χ0n) is 8.63. The Balaban J connectivity index is 2.39. The SMILES string of the molecule is CC1(C)CCC2(O)OON1C2(C)C. The van der Waals surface area contributed by atoms with Crippen LogP contribution in [0.2, 0.25) is 0 Å². The summed E-state index contributed by atoms with van der Waals surface area (Å²) in [6.45, 7) is 8.04. The van der Waals surface area contributed by atoms with Crippen LogP contribution in [0.1, 0.15) is 40.5 Å². The van der Waals surface area contributed by atoms with Gasteiger partial charge in [-0.2, -0.15) is 4.89 Å². The molecule has 2 aliphatic heterocycles. The Morgan fingerprint density at radius 2 is 1.77 bits per heavy atom. The number of hydrogen-bond acceptors (Lipinski definition) is 4. The summed E-state index contributed by atoms with van der Waals surface area (Å²) in [6, 6.07) is 0. The Hall–Kier alpha value is -0.160.